The van der Waals surface area contributed by atoms with Crippen molar-refractivity contribution < 1.29 is 43.6 Å². The molecule has 4 unspecified atom stereocenters. The van der Waals surface area contributed by atoms with E-state index in [0.29, 0.717) is 30.8 Å². The molecule has 0 radical (unpaired) electrons. The molecule has 0 heterocycles. The standard InChI is InChI=1S/C34H62O9/c1-10-26(30(38)41-21-18-35)22-28(29(36)37)23-34(8,9)32(40)43-20-13-15-27(24(3)4)17-16-25(5)14-12-19-42-31(39)33(6,7)11-2/h24-28,35H,10-23H2,1-9H3,(H,36,37). The number of carbonyl (C=O) groups excluding carboxylic acids is 3. The number of aliphatic carboxylic acids is 1. The van der Waals surface area contributed by atoms with Crippen LogP contribution < -0.4 is 0 Å². The monoisotopic (exact) mass is 614 g/mol. The molecule has 0 amide bonds. The fourth-order valence-electron chi connectivity index (χ4n) is 5.10. The van der Waals surface area contributed by atoms with E-state index in [4.69, 9.17) is 19.3 Å². The highest BCUT2D eigenvalue weighted by atomic mass is 16.5. The first-order valence-electron chi connectivity index (χ1n) is 16.4. The molecule has 0 rings (SSSR count). The smallest absolute Gasteiger partial charge is 0.311 e. The summed E-state index contributed by atoms with van der Waals surface area (Å²) in [6.45, 7) is 18.0. The fourth-order valence-corrected chi connectivity index (χ4v) is 5.10. The van der Waals surface area contributed by atoms with Gasteiger partial charge in [0.15, 0.2) is 0 Å². The third-order valence-electron chi connectivity index (χ3n) is 8.83. The van der Waals surface area contributed by atoms with Gasteiger partial charge in [-0.15, -0.1) is 0 Å². The van der Waals surface area contributed by atoms with Crippen LogP contribution in [0.4, 0.5) is 0 Å². The van der Waals surface area contributed by atoms with Crippen molar-refractivity contribution in [3.8, 4) is 0 Å². The quantitative estimate of drug-likeness (QED) is 0.0681. The van der Waals surface area contributed by atoms with Gasteiger partial charge < -0.3 is 24.4 Å². The second-order valence-corrected chi connectivity index (χ2v) is 13.8. The number of esters is 3. The minimum atomic E-state index is -1.07. The molecule has 0 bridgehead atoms. The van der Waals surface area contributed by atoms with Gasteiger partial charge in [0, 0.05) is 0 Å². The molecule has 0 aromatic carbocycles. The zero-order chi connectivity index (χ0) is 33.2. The SMILES string of the molecule is CCC(CC(CC(C)(C)C(=O)OCCCC(CCC(C)CCCOC(=O)C(C)(C)CC)C(C)C)C(=O)O)C(=O)OCCO. The van der Waals surface area contributed by atoms with E-state index in [0.717, 1.165) is 44.9 Å². The zero-order valence-corrected chi connectivity index (χ0v) is 28.5. The van der Waals surface area contributed by atoms with Crippen LogP contribution in [-0.2, 0) is 33.4 Å². The topological polar surface area (TPSA) is 136 Å². The molecule has 0 aliphatic rings. The van der Waals surface area contributed by atoms with Crippen molar-refractivity contribution in [3.05, 3.63) is 0 Å². The molecule has 0 aromatic rings. The van der Waals surface area contributed by atoms with E-state index < -0.39 is 40.6 Å². The number of rotatable bonds is 24. The molecule has 0 fully saturated rings. The summed E-state index contributed by atoms with van der Waals surface area (Å²) < 4.78 is 16.0. The van der Waals surface area contributed by atoms with Gasteiger partial charge in [0.1, 0.15) is 6.61 Å². The Morgan fingerprint density at radius 1 is 0.721 bits per heavy atom. The number of hydrogen-bond donors (Lipinski definition) is 2. The molecule has 4 atom stereocenters. The highest BCUT2D eigenvalue weighted by Crippen LogP contribution is 2.32. The Hall–Kier alpha value is -2.16. The van der Waals surface area contributed by atoms with Gasteiger partial charge in [-0.25, -0.2) is 0 Å². The Morgan fingerprint density at radius 2 is 1.28 bits per heavy atom. The van der Waals surface area contributed by atoms with Gasteiger partial charge in [-0.3, -0.25) is 19.2 Å². The van der Waals surface area contributed by atoms with Crippen LogP contribution in [0.2, 0.25) is 0 Å². The van der Waals surface area contributed by atoms with Crippen LogP contribution in [0.25, 0.3) is 0 Å². The van der Waals surface area contributed by atoms with E-state index in [2.05, 4.69) is 20.8 Å². The average molecular weight is 615 g/mol. The average Bonchev–Trinajstić information content (AvgIpc) is 2.94. The Kier molecular flexibility index (Phi) is 19.7. The van der Waals surface area contributed by atoms with Crippen LogP contribution in [0.5, 0.6) is 0 Å². The van der Waals surface area contributed by atoms with Gasteiger partial charge in [-0.05, 0) is 103 Å². The van der Waals surface area contributed by atoms with Crippen LogP contribution in [0.15, 0.2) is 0 Å². The number of carboxylic acids is 1. The molecule has 9 nitrogen and oxygen atoms in total. The van der Waals surface area contributed by atoms with Crippen LogP contribution in [0.3, 0.4) is 0 Å². The summed E-state index contributed by atoms with van der Waals surface area (Å²) in [6, 6.07) is 0. The maximum absolute atomic E-state index is 12.9. The normalized spacial score (nSPS) is 15.0. The maximum Gasteiger partial charge on any atom is 0.311 e. The Bertz CT molecular complexity index is 834. The van der Waals surface area contributed by atoms with Gasteiger partial charge in [-0.2, -0.15) is 0 Å². The summed E-state index contributed by atoms with van der Waals surface area (Å²) in [4.78, 5) is 49.3. The lowest BCUT2D eigenvalue weighted by atomic mass is 9.78. The van der Waals surface area contributed by atoms with Gasteiger partial charge >= 0.3 is 23.9 Å². The van der Waals surface area contributed by atoms with E-state index >= 15 is 0 Å². The summed E-state index contributed by atoms with van der Waals surface area (Å²) in [7, 11) is 0. The number of hydrogen-bond acceptors (Lipinski definition) is 8. The van der Waals surface area contributed by atoms with Crippen molar-refractivity contribution in [3.63, 3.8) is 0 Å². The van der Waals surface area contributed by atoms with Crippen LogP contribution in [0.1, 0.15) is 127 Å². The maximum atomic E-state index is 12.9. The summed E-state index contributed by atoms with van der Waals surface area (Å²) in [5, 5.41) is 18.7. The number of carbonyl (C=O) groups is 4. The minimum absolute atomic E-state index is 0.0486. The third kappa shape index (κ3) is 16.5. The van der Waals surface area contributed by atoms with E-state index in [9.17, 15) is 24.3 Å². The molecule has 0 saturated heterocycles. The predicted molar refractivity (Wildman–Crippen MR) is 167 cm³/mol. The number of aliphatic hydroxyl groups excluding tert-OH is 1. The highest BCUT2D eigenvalue weighted by molar-refractivity contribution is 5.78. The molecule has 0 aliphatic heterocycles. The number of aliphatic hydroxyl groups is 1. The Labute approximate surface area is 260 Å². The summed E-state index contributed by atoms with van der Waals surface area (Å²) in [6.07, 6.45) is 6.99. The summed E-state index contributed by atoms with van der Waals surface area (Å²) in [5.41, 5.74) is -1.46. The van der Waals surface area contributed by atoms with E-state index in [1.807, 2.05) is 20.8 Å². The van der Waals surface area contributed by atoms with Crippen LogP contribution in [-0.4, -0.2) is 60.5 Å². The van der Waals surface area contributed by atoms with Crippen molar-refractivity contribution in [1.29, 1.82) is 0 Å². The molecule has 252 valence electrons. The molecule has 0 aromatic heterocycles. The molecular weight excluding hydrogens is 552 g/mol. The Balaban J connectivity index is 4.67. The van der Waals surface area contributed by atoms with Gasteiger partial charge in [0.05, 0.1) is 42.5 Å². The van der Waals surface area contributed by atoms with Crippen molar-refractivity contribution in [2.45, 2.75) is 127 Å². The largest absolute Gasteiger partial charge is 0.481 e. The summed E-state index contributed by atoms with van der Waals surface area (Å²) in [5.74, 6) is -2.15. The third-order valence-corrected chi connectivity index (χ3v) is 8.83. The first-order chi connectivity index (χ1) is 20.0. The molecule has 0 spiro atoms. The second kappa shape index (κ2) is 20.7. The lowest BCUT2D eigenvalue weighted by Crippen LogP contribution is -2.34. The predicted octanol–water partition coefficient (Wildman–Crippen LogP) is 6.83. The van der Waals surface area contributed by atoms with E-state index in [1.165, 1.54) is 0 Å². The van der Waals surface area contributed by atoms with E-state index in [1.54, 1.807) is 20.8 Å². The van der Waals surface area contributed by atoms with Crippen LogP contribution in [0, 0.1) is 40.4 Å². The lowest BCUT2D eigenvalue weighted by molar-refractivity contribution is -0.157. The second-order valence-electron chi connectivity index (χ2n) is 13.8. The fraction of sp³-hybridized carbons (Fsp3) is 0.882. The van der Waals surface area contributed by atoms with Crippen molar-refractivity contribution in [2.24, 2.45) is 40.4 Å². The summed E-state index contributed by atoms with van der Waals surface area (Å²) >= 11 is 0. The van der Waals surface area contributed by atoms with E-state index in [-0.39, 0.29) is 38.6 Å². The first-order valence-corrected chi connectivity index (χ1v) is 16.4. The molecule has 0 saturated carbocycles. The van der Waals surface area contributed by atoms with Gasteiger partial charge in [0.25, 0.3) is 0 Å². The number of ether oxygens (including phenoxy) is 3. The van der Waals surface area contributed by atoms with Crippen molar-refractivity contribution >= 4 is 23.9 Å². The molecule has 0 aliphatic carbocycles. The van der Waals surface area contributed by atoms with Crippen molar-refractivity contribution in [2.75, 3.05) is 26.4 Å². The highest BCUT2D eigenvalue weighted by Gasteiger charge is 2.37. The van der Waals surface area contributed by atoms with Crippen LogP contribution >= 0.6 is 0 Å². The molecule has 9 heteroatoms. The van der Waals surface area contributed by atoms with Gasteiger partial charge in [0.2, 0.25) is 0 Å². The van der Waals surface area contributed by atoms with Crippen molar-refractivity contribution in [1.82, 2.24) is 0 Å². The first kappa shape index (κ1) is 40.8. The molecular formula is C34H62O9. The zero-order valence-electron chi connectivity index (χ0n) is 28.5. The molecule has 43 heavy (non-hydrogen) atoms. The molecule has 2 N–H and O–H groups in total. The number of carboxylic acid groups (broad SMARTS) is 1. The lowest BCUT2D eigenvalue weighted by Gasteiger charge is -2.28. The minimum Gasteiger partial charge on any atom is -0.481 e. The van der Waals surface area contributed by atoms with Gasteiger partial charge in [-0.1, -0.05) is 41.0 Å². The Morgan fingerprint density at radius 3 is 1.77 bits per heavy atom.